The van der Waals surface area contributed by atoms with Crippen LogP contribution < -0.4 is 5.32 Å². The summed E-state index contributed by atoms with van der Waals surface area (Å²) < 4.78 is 19.2. The van der Waals surface area contributed by atoms with E-state index in [4.69, 9.17) is 10.00 Å². The minimum atomic E-state index is -0.268. The van der Waals surface area contributed by atoms with Crippen molar-refractivity contribution in [2.75, 3.05) is 19.7 Å². The minimum absolute atomic E-state index is 0.181. The van der Waals surface area contributed by atoms with Crippen LogP contribution in [0.15, 0.2) is 42.5 Å². The van der Waals surface area contributed by atoms with Crippen LogP contribution in [0.4, 0.5) is 9.18 Å². The molecule has 1 heterocycles. The Kier molecular flexibility index (Phi) is 5.49. The Bertz CT molecular complexity index is 847. The number of nitriles is 1. The van der Waals surface area contributed by atoms with Gasteiger partial charge in [-0.15, -0.1) is 0 Å². The Morgan fingerprint density at radius 1 is 1.38 bits per heavy atom. The number of urea groups is 1. The summed E-state index contributed by atoms with van der Waals surface area (Å²) in [5.74, 6) is -0.251. The largest absolute Gasteiger partial charge is 0.370 e. The molecule has 0 bridgehead atoms. The van der Waals surface area contributed by atoms with Gasteiger partial charge in [-0.05, 0) is 41.8 Å². The highest BCUT2D eigenvalue weighted by atomic mass is 19.1. The molecule has 134 valence electrons. The number of hydrogen-bond donors (Lipinski definition) is 1. The number of rotatable bonds is 3. The SMILES string of the molecule is Cc1cc([C@@H]2CN(C(=O)NCc3cccc(C#N)c3)CCO2)ccc1F. The van der Waals surface area contributed by atoms with Crippen LogP contribution in [-0.2, 0) is 11.3 Å². The standard InChI is InChI=1S/C20H20FN3O2/c1-14-9-17(5-6-18(14)21)19-13-24(7-8-26-19)20(25)23-12-16-4-2-3-15(10-16)11-22/h2-6,9-10,19H,7-8,12-13H2,1H3,(H,23,25)/t19-/m0/s1. The third-order valence-corrected chi connectivity index (χ3v) is 4.41. The maximum Gasteiger partial charge on any atom is 0.317 e. The number of hydrogen-bond acceptors (Lipinski definition) is 3. The normalized spacial score (nSPS) is 16.8. The van der Waals surface area contributed by atoms with Gasteiger partial charge in [0.2, 0.25) is 0 Å². The van der Waals surface area contributed by atoms with Crippen LogP contribution in [0, 0.1) is 24.1 Å². The number of carbonyl (C=O) groups is 1. The van der Waals surface area contributed by atoms with Crippen LogP contribution in [-0.4, -0.2) is 30.6 Å². The topological polar surface area (TPSA) is 65.4 Å². The molecule has 1 saturated heterocycles. The number of morpholine rings is 1. The lowest BCUT2D eigenvalue weighted by atomic mass is 10.0. The van der Waals surface area contributed by atoms with E-state index >= 15 is 0 Å². The Morgan fingerprint density at radius 3 is 3.00 bits per heavy atom. The average molecular weight is 353 g/mol. The van der Waals surface area contributed by atoms with Crippen LogP contribution in [0.1, 0.15) is 28.4 Å². The van der Waals surface area contributed by atoms with Crippen molar-refractivity contribution in [3.05, 3.63) is 70.5 Å². The smallest absolute Gasteiger partial charge is 0.317 e. The summed E-state index contributed by atoms with van der Waals surface area (Å²) in [5, 5.41) is 11.8. The summed E-state index contributed by atoms with van der Waals surface area (Å²) in [5.41, 5.74) is 2.86. The first-order chi connectivity index (χ1) is 12.6. The Labute approximate surface area is 152 Å². The van der Waals surface area contributed by atoms with Gasteiger partial charge in [0.1, 0.15) is 11.9 Å². The summed E-state index contributed by atoms with van der Waals surface area (Å²) in [6, 6.07) is 13.9. The van der Waals surface area contributed by atoms with Crippen molar-refractivity contribution in [1.29, 1.82) is 5.26 Å². The number of amides is 2. The predicted molar refractivity (Wildman–Crippen MR) is 94.8 cm³/mol. The summed E-state index contributed by atoms with van der Waals surface area (Å²) in [6.07, 6.45) is -0.268. The monoisotopic (exact) mass is 353 g/mol. The first kappa shape index (κ1) is 17.9. The second-order valence-corrected chi connectivity index (χ2v) is 6.28. The predicted octanol–water partition coefficient (Wildman–Crippen LogP) is 3.29. The van der Waals surface area contributed by atoms with E-state index in [1.165, 1.54) is 6.07 Å². The molecule has 26 heavy (non-hydrogen) atoms. The number of carbonyl (C=O) groups excluding carboxylic acids is 1. The zero-order chi connectivity index (χ0) is 18.5. The first-order valence-corrected chi connectivity index (χ1v) is 8.46. The Hall–Kier alpha value is -2.91. The van der Waals surface area contributed by atoms with Gasteiger partial charge in [-0.1, -0.05) is 24.3 Å². The fourth-order valence-corrected chi connectivity index (χ4v) is 2.94. The van der Waals surface area contributed by atoms with Crippen molar-refractivity contribution >= 4 is 6.03 Å². The molecule has 0 aromatic heterocycles. The fraction of sp³-hybridized carbons (Fsp3) is 0.300. The first-order valence-electron chi connectivity index (χ1n) is 8.46. The molecule has 1 fully saturated rings. The third-order valence-electron chi connectivity index (χ3n) is 4.41. The third kappa shape index (κ3) is 4.19. The minimum Gasteiger partial charge on any atom is -0.370 e. The van der Waals surface area contributed by atoms with Crippen molar-refractivity contribution in [1.82, 2.24) is 10.2 Å². The van der Waals surface area contributed by atoms with Crippen LogP contribution in [0.2, 0.25) is 0 Å². The molecule has 6 heteroatoms. The van der Waals surface area contributed by atoms with Crippen LogP contribution >= 0.6 is 0 Å². The molecule has 1 N–H and O–H groups in total. The van der Waals surface area contributed by atoms with Gasteiger partial charge in [0.05, 0.1) is 24.8 Å². The molecular formula is C20H20FN3O2. The summed E-state index contributed by atoms with van der Waals surface area (Å²) in [4.78, 5) is 14.2. The second-order valence-electron chi connectivity index (χ2n) is 6.28. The molecular weight excluding hydrogens is 333 g/mol. The van der Waals surface area contributed by atoms with Gasteiger partial charge < -0.3 is 15.0 Å². The van der Waals surface area contributed by atoms with E-state index in [0.717, 1.165) is 11.1 Å². The maximum absolute atomic E-state index is 13.5. The van der Waals surface area contributed by atoms with Gasteiger partial charge in [0.25, 0.3) is 0 Å². The summed E-state index contributed by atoms with van der Waals surface area (Å²) in [7, 11) is 0. The van der Waals surface area contributed by atoms with E-state index in [-0.39, 0.29) is 18.0 Å². The lowest BCUT2D eigenvalue weighted by molar-refractivity contribution is -0.0155. The zero-order valence-electron chi connectivity index (χ0n) is 14.5. The molecule has 1 aliphatic rings. The highest BCUT2D eigenvalue weighted by Crippen LogP contribution is 2.24. The molecule has 2 aromatic rings. The van der Waals surface area contributed by atoms with Gasteiger partial charge >= 0.3 is 6.03 Å². The lowest BCUT2D eigenvalue weighted by Crippen LogP contribution is -2.47. The fourth-order valence-electron chi connectivity index (χ4n) is 2.94. The average Bonchev–Trinajstić information content (AvgIpc) is 2.68. The molecule has 3 rings (SSSR count). The van der Waals surface area contributed by atoms with E-state index < -0.39 is 0 Å². The molecule has 0 radical (unpaired) electrons. The van der Waals surface area contributed by atoms with Crippen molar-refractivity contribution < 1.29 is 13.9 Å². The maximum atomic E-state index is 13.5. The molecule has 0 aliphatic carbocycles. The van der Waals surface area contributed by atoms with Gasteiger partial charge in [-0.3, -0.25) is 0 Å². The number of ether oxygens (including phenoxy) is 1. The van der Waals surface area contributed by atoms with E-state index in [2.05, 4.69) is 11.4 Å². The van der Waals surface area contributed by atoms with E-state index in [9.17, 15) is 9.18 Å². The molecule has 0 saturated carbocycles. The van der Waals surface area contributed by atoms with Crippen LogP contribution in [0.3, 0.4) is 0 Å². The van der Waals surface area contributed by atoms with Crippen molar-refractivity contribution in [2.45, 2.75) is 19.6 Å². The lowest BCUT2D eigenvalue weighted by Gasteiger charge is -2.33. The van der Waals surface area contributed by atoms with Gasteiger partial charge in [0.15, 0.2) is 0 Å². The van der Waals surface area contributed by atoms with Crippen LogP contribution in [0.5, 0.6) is 0 Å². The Balaban J connectivity index is 1.60. The number of halogens is 1. The quantitative estimate of drug-likeness (QED) is 0.921. The molecule has 0 unspecified atom stereocenters. The van der Waals surface area contributed by atoms with Crippen LogP contribution in [0.25, 0.3) is 0 Å². The van der Waals surface area contributed by atoms with Gasteiger partial charge in [-0.2, -0.15) is 5.26 Å². The Morgan fingerprint density at radius 2 is 2.23 bits per heavy atom. The zero-order valence-corrected chi connectivity index (χ0v) is 14.5. The van der Waals surface area contributed by atoms with E-state index in [1.54, 1.807) is 42.2 Å². The molecule has 2 amide bonds. The number of benzene rings is 2. The second kappa shape index (κ2) is 7.98. The van der Waals surface area contributed by atoms with E-state index in [0.29, 0.717) is 37.4 Å². The molecule has 0 spiro atoms. The molecule has 1 atom stereocenters. The number of aryl methyl sites for hydroxylation is 1. The number of nitrogens with one attached hydrogen (secondary N) is 1. The highest BCUT2D eigenvalue weighted by molar-refractivity contribution is 5.74. The van der Waals surface area contributed by atoms with E-state index in [1.807, 2.05) is 6.07 Å². The molecule has 1 aliphatic heterocycles. The van der Waals surface area contributed by atoms with Crippen molar-refractivity contribution in [3.8, 4) is 6.07 Å². The summed E-state index contributed by atoms with van der Waals surface area (Å²) in [6.45, 7) is 3.40. The molecule has 5 nitrogen and oxygen atoms in total. The molecule has 2 aromatic carbocycles. The number of nitrogens with zero attached hydrogens (tertiary/aromatic N) is 2. The van der Waals surface area contributed by atoms with Crippen molar-refractivity contribution in [2.24, 2.45) is 0 Å². The highest BCUT2D eigenvalue weighted by Gasteiger charge is 2.25. The van der Waals surface area contributed by atoms with Gasteiger partial charge in [-0.25, -0.2) is 9.18 Å². The van der Waals surface area contributed by atoms with Crippen molar-refractivity contribution in [3.63, 3.8) is 0 Å². The summed E-state index contributed by atoms with van der Waals surface area (Å²) >= 11 is 0. The van der Waals surface area contributed by atoms with Gasteiger partial charge in [0, 0.05) is 13.1 Å².